The third kappa shape index (κ3) is 7.46. The van der Waals surface area contributed by atoms with Gasteiger partial charge in [0.05, 0.1) is 31.6 Å². The molecule has 7 nitrogen and oxygen atoms in total. The maximum absolute atomic E-state index is 12.2. The molecule has 0 unspecified atom stereocenters. The van der Waals surface area contributed by atoms with E-state index < -0.39 is 6.61 Å². The average Bonchev–Trinajstić information content (AvgIpc) is 3.53. The molecule has 0 aliphatic heterocycles. The average molecular weight is 485 g/mol. The summed E-state index contributed by atoms with van der Waals surface area (Å²) in [6.07, 6.45) is 7.17. The van der Waals surface area contributed by atoms with Gasteiger partial charge in [0, 0.05) is 11.6 Å². The van der Waals surface area contributed by atoms with Crippen LogP contribution in [-0.4, -0.2) is 33.2 Å². The van der Waals surface area contributed by atoms with Crippen molar-refractivity contribution in [1.82, 2.24) is 20.0 Å². The highest BCUT2D eigenvalue weighted by atomic mass is 32.1. The topological polar surface area (TPSA) is 71.3 Å². The molecule has 0 saturated heterocycles. The number of hydrogen-bond acceptors (Lipinski definition) is 7. The highest BCUT2D eigenvalue weighted by Crippen LogP contribution is 2.19. The number of nitrogens with zero attached hydrogens (tertiary/aromatic N) is 4. The van der Waals surface area contributed by atoms with Gasteiger partial charge in [0.1, 0.15) is 23.1 Å². The number of alkyl halides is 2. The van der Waals surface area contributed by atoms with Crippen molar-refractivity contribution in [2.45, 2.75) is 26.4 Å². The quantitative estimate of drug-likeness (QED) is 0.254. The van der Waals surface area contributed by atoms with Gasteiger partial charge in [-0.15, -0.1) is 16.4 Å². The number of ether oxygens (including phenoxy) is 3. The van der Waals surface area contributed by atoms with Gasteiger partial charge in [-0.25, -0.2) is 4.98 Å². The van der Waals surface area contributed by atoms with Crippen molar-refractivity contribution >= 4 is 23.5 Å². The van der Waals surface area contributed by atoms with Crippen LogP contribution in [-0.2, 0) is 24.5 Å². The summed E-state index contributed by atoms with van der Waals surface area (Å²) in [6, 6.07) is 14.2. The first-order chi connectivity index (χ1) is 16.6. The number of benzene rings is 2. The molecule has 0 atom stereocenters. The van der Waals surface area contributed by atoms with E-state index in [9.17, 15) is 8.78 Å². The van der Waals surface area contributed by atoms with E-state index in [-0.39, 0.29) is 5.75 Å². The van der Waals surface area contributed by atoms with Gasteiger partial charge in [-0.2, -0.15) is 8.78 Å². The Morgan fingerprint density at radius 1 is 0.971 bits per heavy atom. The van der Waals surface area contributed by atoms with Crippen molar-refractivity contribution in [3.8, 4) is 11.5 Å². The van der Waals surface area contributed by atoms with E-state index in [1.54, 1.807) is 29.2 Å². The summed E-state index contributed by atoms with van der Waals surface area (Å²) >= 11 is 1.50. The number of hydrogen-bond donors (Lipinski definition) is 0. The third-order valence-corrected chi connectivity index (χ3v) is 5.47. The second-order valence-corrected chi connectivity index (χ2v) is 8.00. The Morgan fingerprint density at radius 3 is 2.50 bits per heavy atom. The second-order valence-electron chi connectivity index (χ2n) is 7.11. The van der Waals surface area contributed by atoms with Crippen molar-refractivity contribution in [2.75, 3.05) is 6.61 Å². The second kappa shape index (κ2) is 12.0. The van der Waals surface area contributed by atoms with Crippen molar-refractivity contribution < 1.29 is 23.0 Å². The van der Waals surface area contributed by atoms with E-state index in [1.807, 2.05) is 41.8 Å². The van der Waals surface area contributed by atoms with Crippen molar-refractivity contribution in [3.05, 3.63) is 88.1 Å². The molecule has 2 heterocycles. The molecule has 0 fully saturated rings. The predicted molar refractivity (Wildman–Crippen MR) is 125 cm³/mol. The van der Waals surface area contributed by atoms with Crippen molar-refractivity contribution in [3.63, 3.8) is 0 Å². The fourth-order valence-corrected chi connectivity index (χ4v) is 3.63. The van der Waals surface area contributed by atoms with E-state index in [2.05, 4.69) is 20.0 Å². The lowest BCUT2D eigenvalue weighted by molar-refractivity contribution is -0.0498. The standard InChI is InChI=1S/C24H22F2N4O3S/c25-24(26)33-22-8-1-18(2-9-22)5-10-23-28-20(17-34-23)16-32-21-6-3-19(4-7-21)15-31-14-13-30-12-11-27-29-30/h1-12,17,24H,13-16H2. The molecule has 0 bridgehead atoms. The summed E-state index contributed by atoms with van der Waals surface area (Å²) in [5.74, 6) is 0.882. The van der Waals surface area contributed by atoms with Crippen LogP contribution in [0.2, 0.25) is 0 Å². The zero-order valence-corrected chi connectivity index (χ0v) is 18.9. The van der Waals surface area contributed by atoms with Crippen LogP contribution in [0, 0.1) is 0 Å². The Morgan fingerprint density at radius 2 is 1.76 bits per heavy atom. The fourth-order valence-electron chi connectivity index (χ4n) is 2.93. The van der Waals surface area contributed by atoms with Crippen LogP contribution < -0.4 is 9.47 Å². The fraction of sp³-hybridized carbons (Fsp3) is 0.208. The summed E-state index contributed by atoms with van der Waals surface area (Å²) in [5.41, 5.74) is 2.74. The molecule has 10 heteroatoms. The van der Waals surface area contributed by atoms with Gasteiger partial charge in [-0.3, -0.25) is 4.68 Å². The highest BCUT2D eigenvalue weighted by Gasteiger charge is 2.04. The molecule has 0 N–H and O–H groups in total. The molecule has 4 aromatic rings. The molecule has 2 aromatic carbocycles. The largest absolute Gasteiger partial charge is 0.487 e. The first-order valence-electron chi connectivity index (χ1n) is 10.4. The zero-order chi connectivity index (χ0) is 23.6. The van der Waals surface area contributed by atoms with Gasteiger partial charge in [0.25, 0.3) is 0 Å². The smallest absolute Gasteiger partial charge is 0.387 e. The van der Waals surface area contributed by atoms with Gasteiger partial charge in [-0.05, 0) is 41.5 Å². The van der Waals surface area contributed by atoms with Crippen LogP contribution in [0.1, 0.15) is 21.8 Å². The normalized spacial score (nSPS) is 11.4. The van der Waals surface area contributed by atoms with Crippen molar-refractivity contribution in [1.29, 1.82) is 0 Å². The number of thiazole rings is 1. The molecular weight excluding hydrogens is 462 g/mol. The Hall–Kier alpha value is -3.63. The van der Waals surface area contributed by atoms with Gasteiger partial charge in [-0.1, -0.05) is 35.6 Å². The molecule has 4 rings (SSSR count). The van der Waals surface area contributed by atoms with E-state index in [1.165, 1.54) is 23.5 Å². The van der Waals surface area contributed by atoms with Crippen LogP contribution in [0.5, 0.6) is 11.5 Å². The first-order valence-corrected chi connectivity index (χ1v) is 11.3. The summed E-state index contributed by atoms with van der Waals surface area (Å²) in [4.78, 5) is 4.54. The molecule has 0 saturated carbocycles. The first kappa shape index (κ1) is 23.5. The minimum absolute atomic E-state index is 0.129. The third-order valence-electron chi connectivity index (χ3n) is 4.61. The van der Waals surface area contributed by atoms with Gasteiger partial charge >= 0.3 is 6.61 Å². The van der Waals surface area contributed by atoms with E-state index in [0.717, 1.165) is 27.6 Å². The molecule has 0 amide bonds. The molecule has 0 aliphatic carbocycles. The van der Waals surface area contributed by atoms with Gasteiger partial charge < -0.3 is 14.2 Å². The summed E-state index contributed by atoms with van der Waals surface area (Å²) in [5, 5.41) is 10.4. The summed E-state index contributed by atoms with van der Waals surface area (Å²) in [7, 11) is 0. The van der Waals surface area contributed by atoms with Crippen LogP contribution in [0.4, 0.5) is 8.78 Å². The maximum atomic E-state index is 12.2. The molecule has 0 aliphatic rings. The number of halogens is 2. The lowest BCUT2D eigenvalue weighted by Crippen LogP contribution is -2.06. The summed E-state index contributed by atoms with van der Waals surface area (Å²) < 4.78 is 42.0. The lowest BCUT2D eigenvalue weighted by atomic mass is 10.2. The molecule has 0 radical (unpaired) electrons. The molecule has 2 aromatic heterocycles. The minimum Gasteiger partial charge on any atom is -0.487 e. The number of aromatic nitrogens is 4. The highest BCUT2D eigenvalue weighted by molar-refractivity contribution is 7.10. The lowest BCUT2D eigenvalue weighted by Gasteiger charge is -2.07. The Balaban J connectivity index is 1.20. The monoisotopic (exact) mass is 484 g/mol. The Bertz CT molecular complexity index is 1160. The Labute approximate surface area is 199 Å². The van der Waals surface area contributed by atoms with Gasteiger partial charge in [0.2, 0.25) is 0 Å². The molecule has 176 valence electrons. The van der Waals surface area contributed by atoms with Crippen molar-refractivity contribution in [2.24, 2.45) is 0 Å². The number of rotatable bonds is 12. The molecule has 34 heavy (non-hydrogen) atoms. The maximum Gasteiger partial charge on any atom is 0.387 e. The van der Waals surface area contributed by atoms with Gasteiger partial charge in [0.15, 0.2) is 0 Å². The van der Waals surface area contributed by atoms with E-state index in [0.29, 0.717) is 26.4 Å². The predicted octanol–water partition coefficient (Wildman–Crippen LogP) is 5.30. The Kier molecular flexibility index (Phi) is 8.31. The van der Waals surface area contributed by atoms with Crippen LogP contribution in [0.15, 0.2) is 66.3 Å². The van der Waals surface area contributed by atoms with Crippen LogP contribution in [0.3, 0.4) is 0 Å². The summed E-state index contributed by atoms with van der Waals surface area (Å²) in [6.45, 7) is -0.739. The zero-order valence-electron chi connectivity index (χ0n) is 18.1. The molecule has 0 spiro atoms. The SMILES string of the molecule is FC(F)Oc1ccc(C=Cc2nc(COc3ccc(COCCn4ccnn4)cc3)cs2)cc1. The van der Waals surface area contributed by atoms with E-state index >= 15 is 0 Å². The van der Waals surface area contributed by atoms with Crippen LogP contribution in [0.25, 0.3) is 12.2 Å². The van der Waals surface area contributed by atoms with E-state index in [4.69, 9.17) is 9.47 Å². The van der Waals surface area contributed by atoms with Crippen LogP contribution >= 0.6 is 11.3 Å². The molecular formula is C24H22F2N4O3S. The minimum atomic E-state index is -2.83.